The van der Waals surface area contributed by atoms with Gasteiger partial charge in [0, 0.05) is 23.8 Å². The van der Waals surface area contributed by atoms with Gasteiger partial charge >= 0.3 is 0 Å². The van der Waals surface area contributed by atoms with E-state index in [1.165, 1.54) is 16.4 Å². The fourth-order valence-electron chi connectivity index (χ4n) is 3.12. The molecule has 7 nitrogen and oxygen atoms in total. The molecule has 2 amide bonds. The summed E-state index contributed by atoms with van der Waals surface area (Å²) < 4.78 is 27.4. The minimum absolute atomic E-state index is 0.0253. The number of halogens is 1. The van der Waals surface area contributed by atoms with Crippen molar-refractivity contribution in [3.8, 4) is 0 Å². The summed E-state index contributed by atoms with van der Waals surface area (Å²) in [5.74, 6) is -1.05. The Balaban J connectivity index is 1.68. The van der Waals surface area contributed by atoms with Crippen LogP contribution < -0.4 is 10.6 Å². The zero-order chi connectivity index (χ0) is 20.9. The molecule has 2 aromatic carbocycles. The number of anilines is 1. The molecule has 2 N–H and O–H groups in total. The molecule has 29 heavy (non-hydrogen) atoms. The first-order valence-corrected chi connectivity index (χ1v) is 11.1. The van der Waals surface area contributed by atoms with Crippen molar-refractivity contribution in [3.63, 3.8) is 0 Å². The van der Waals surface area contributed by atoms with Crippen LogP contribution >= 0.6 is 11.6 Å². The molecule has 0 bridgehead atoms. The van der Waals surface area contributed by atoms with Crippen LogP contribution in [0.1, 0.15) is 29.6 Å². The second-order valence-electron chi connectivity index (χ2n) is 6.70. The van der Waals surface area contributed by atoms with Crippen LogP contribution in [0.4, 0.5) is 5.69 Å². The minimum atomic E-state index is -3.77. The Kier molecular flexibility index (Phi) is 6.89. The number of sulfonamides is 1. The van der Waals surface area contributed by atoms with E-state index in [-0.39, 0.29) is 17.0 Å². The Morgan fingerprint density at radius 2 is 1.62 bits per heavy atom. The number of amides is 2. The van der Waals surface area contributed by atoms with Crippen molar-refractivity contribution in [2.75, 3.05) is 25.0 Å². The smallest absolute Gasteiger partial charge is 0.253 e. The molecule has 0 spiro atoms. The van der Waals surface area contributed by atoms with Gasteiger partial charge in [-0.15, -0.1) is 0 Å². The average Bonchev–Trinajstić information content (AvgIpc) is 2.74. The fourth-order valence-corrected chi connectivity index (χ4v) is 4.95. The first-order valence-electron chi connectivity index (χ1n) is 9.31. The number of nitrogens with one attached hydrogen (secondary N) is 2. The van der Waals surface area contributed by atoms with Gasteiger partial charge in [-0.05, 0) is 49.2 Å². The Labute approximate surface area is 175 Å². The second kappa shape index (κ2) is 9.39. The van der Waals surface area contributed by atoms with Gasteiger partial charge in [0.15, 0.2) is 0 Å². The largest absolute Gasteiger partial charge is 0.343 e. The summed E-state index contributed by atoms with van der Waals surface area (Å²) in [4.78, 5) is 24.6. The van der Waals surface area contributed by atoms with Crippen LogP contribution in [0.3, 0.4) is 0 Å². The van der Waals surface area contributed by atoms with Crippen molar-refractivity contribution in [1.82, 2.24) is 9.62 Å². The van der Waals surface area contributed by atoms with E-state index >= 15 is 0 Å². The maximum atomic E-state index is 13.0. The number of hydrogen-bond acceptors (Lipinski definition) is 4. The molecule has 1 saturated heterocycles. The predicted molar refractivity (Wildman–Crippen MR) is 111 cm³/mol. The molecule has 0 radical (unpaired) electrons. The highest BCUT2D eigenvalue weighted by Gasteiger charge is 2.29. The van der Waals surface area contributed by atoms with E-state index in [1.54, 1.807) is 36.4 Å². The van der Waals surface area contributed by atoms with Crippen LogP contribution in [-0.4, -0.2) is 44.2 Å². The normalized spacial score (nSPS) is 14.9. The van der Waals surface area contributed by atoms with Gasteiger partial charge in [-0.3, -0.25) is 9.59 Å². The van der Waals surface area contributed by atoms with Crippen LogP contribution in [-0.2, 0) is 14.8 Å². The van der Waals surface area contributed by atoms with Gasteiger partial charge in [-0.25, -0.2) is 8.42 Å². The maximum absolute atomic E-state index is 13.0. The summed E-state index contributed by atoms with van der Waals surface area (Å²) in [5, 5.41) is 5.66. The SMILES string of the molecule is O=C(CNC(=O)c1ccccc1S(=O)(=O)N1CCCCC1)Nc1ccc(Cl)cc1. The molecule has 1 heterocycles. The van der Waals surface area contributed by atoms with Crippen LogP contribution in [0.2, 0.25) is 5.02 Å². The molecule has 1 fully saturated rings. The number of carbonyl (C=O) groups is 2. The number of rotatable bonds is 6. The van der Waals surface area contributed by atoms with Crippen LogP contribution in [0.25, 0.3) is 0 Å². The topological polar surface area (TPSA) is 95.6 Å². The molecule has 0 saturated carbocycles. The molecular weight excluding hydrogens is 414 g/mol. The Morgan fingerprint density at radius 3 is 2.31 bits per heavy atom. The van der Waals surface area contributed by atoms with Crippen molar-refractivity contribution >= 4 is 39.1 Å². The Hall–Kier alpha value is -2.42. The molecule has 0 unspecified atom stereocenters. The van der Waals surface area contributed by atoms with Gasteiger partial charge in [-0.1, -0.05) is 30.2 Å². The predicted octanol–water partition coefficient (Wildman–Crippen LogP) is 2.88. The van der Waals surface area contributed by atoms with E-state index in [0.717, 1.165) is 19.3 Å². The highest BCUT2D eigenvalue weighted by Crippen LogP contribution is 2.23. The number of nitrogens with zero attached hydrogens (tertiary/aromatic N) is 1. The zero-order valence-electron chi connectivity index (χ0n) is 15.7. The third-order valence-corrected chi connectivity index (χ3v) is 6.81. The van der Waals surface area contributed by atoms with Crippen LogP contribution in [0.5, 0.6) is 0 Å². The second-order valence-corrected chi connectivity index (χ2v) is 9.04. The van der Waals surface area contributed by atoms with Gasteiger partial charge in [0.25, 0.3) is 5.91 Å². The third kappa shape index (κ3) is 5.35. The van der Waals surface area contributed by atoms with Gasteiger partial charge in [-0.2, -0.15) is 4.31 Å². The molecule has 1 aliphatic rings. The highest BCUT2D eigenvalue weighted by atomic mass is 35.5. The molecule has 3 rings (SSSR count). The maximum Gasteiger partial charge on any atom is 0.253 e. The number of benzene rings is 2. The summed E-state index contributed by atoms with van der Waals surface area (Å²) in [6, 6.07) is 12.6. The molecule has 9 heteroatoms. The quantitative estimate of drug-likeness (QED) is 0.729. The monoisotopic (exact) mass is 435 g/mol. The fraction of sp³-hybridized carbons (Fsp3) is 0.300. The van der Waals surface area contributed by atoms with Crippen molar-refractivity contribution in [1.29, 1.82) is 0 Å². The van der Waals surface area contributed by atoms with Crippen LogP contribution in [0.15, 0.2) is 53.4 Å². The van der Waals surface area contributed by atoms with Crippen molar-refractivity contribution in [2.24, 2.45) is 0 Å². The summed E-state index contributed by atoms with van der Waals surface area (Å²) in [6.45, 7) is 0.600. The molecular formula is C20H22ClN3O4S. The lowest BCUT2D eigenvalue weighted by atomic mass is 10.2. The van der Waals surface area contributed by atoms with Gasteiger partial charge in [0.2, 0.25) is 15.9 Å². The lowest BCUT2D eigenvalue weighted by Gasteiger charge is -2.26. The van der Waals surface area contributed by atoms with Crippen molar-refractivity contribution in [3.05, 3.63) is 59.1 Å². The first kappa shape index (κ1) is 21.3. The van der Waals surface area contributed by atoms with Gasteiger partial charge in [0.1, 0.15) is 0 Å². The number of carbonyl (C=O) groups excluding carboxylic acids is 2. The van der Waals surface area contributed by atoms with E-state index in [4.69, 9.17) is 11.6 Å². The first-order chi connectivity index (χ1) is 13.9. The summed E-state index contributed by atoms with van der Waals surface area (Å²) in [7, 11) is -3.77. The van der Waals surface area contributed by atoms with Gasteiger partial charge in [0.05, 0.1) is 17.0 Å². The molecule has 1 aliphatic heterocycles. The highest BCUT2D eigenvalue weighted by molar-refractivity contribution is 7.89. The lowest BCUT2D eigenvalue weighted by Crippen LogP contribution is -2.38. The van der Waals surface area contributed by atoms with Crippen LogP contribution in [0, 0.1) is 0 Å². The van der Waals surface area contributed by atoms with Gasteiger partial charge < -0.3 is 10.6 Å². The molecule has 0 atom stereocenters. The summed E-state index contributed by atoms with van der Waals surface area (Å²) >= 11 is 5.80. The average molecular weight is 436 g/mol. The zero-order valence-corrected chi connectivity index (χ0v) is 17.3. The molecule has 2 aromatic rings. The lowest BCUT2D eigenvalue weighted by molar-refractivity contribution is -0.115. The molecule has 0 aromatic heterocycles. The Bertz CT molecular complexity index is 987. The molecule has 154 valence electrons. The van der Waals surface area contributed by atoms with E-state index in [2.05, 4.69) is 10.6 Å². The summed E-state index contributed by atoms with van der Waals surface area (Å²) in [5.41, 5.74) is 0.569. The molecule has 0 aliphatic carbocycles. The minimum Gasteiger partial charge on any atom is -0.343 e. The van der Waals surface area contributed by atoms with E-state index in [1.807, 2.05) is 0 Å². The van der Waals surface area contributed by atoms with E-state index < -0.39 is 21.8 Å². The standard InChI is InChI=1S/C20H22ClN3O4S/c21-15-8-10-16(11-9-15)23-19(25)14-22-20(26)17-6-2-3-7-18(17)29(27,28)24-12-4-1-5-13-24/h2-3,6-11H,1,4-5,12-14H2,(H,22,26)(H,23,25). The van der Waals surface area contributed by atoms with Crippen molar-refractivity contribution in [2.45, 2.75) is 24.2 Å². The summed E-state index contributed by atoms with van der Waals surface area (Å²) in [6.07, 6.45) is 2.60. The third-order valence-electron chi connectivity index (χ3n) is 4.60. The van der Waals surface area contributed by atoms with E-state index in [9.17, 15) is 18.0 Å². The van der Waals surface area contributed by atoms with E-state index in [0.29, 0.717) is 23.8 Å². The Morgan fingerprint density at radius 1 is 0.966 bits per heavy atom. The van der Waals surface area contributed by atoms with Crippen molar-refractivity contribution < 1.29 is 18.0 Å². The number of hydrogen-bond donors (Lipinski definition) is 2. The number of piperidine rings is 1.